The van der Waals surface area contributed by atoms with Crippen LogP contribution >= 0.6 is 0 Å². The molecule has 0 unspecified atom stereocenters. The maximum atomic E-state index is 15.3. The maximum absolute atomic E-state index is 15.3. The van der Waals surface area contributed by atoms with Gasteiger partial charge in [0.2, 0.25) is 0 Å². The minimum absolute atomic E-state index is 0.0606. The Morgan fingerprint density at radius 1 is 1.24 bits per heavy atom. The number of amides is 1. The molecule has 2 N–H and O–H groups in total. The van der Waals surface area contributed by atoms with Crippen molar-refractivity contribution in [3.8, 4) is 22.8 Å². The molecule has 2 aliphatic heterocycles. The first-order chi connectivity index (χ1) is 17.5. The van der Waals surface area contributed by atoms with Crippen LogP contribution in [-0.2, 0) is 18.3 Å². The van der Waals surface area contributed by atoms with Crippen LogP contribution in [0.3, 0.4) is 0 Å². The quantitative estimate of drug-likeness (QED) is 0.399. The zero-order chi connectivity index (χ0) is 26.6. The Morgan fingerprint density at radius 3 is 2.57 bits per heavy atom. The first kappa shape index (κ1) is 24.5. The van der Waals surface area contributed by atoms with Crippen LogP contribution in [0.25, 0.3) is 11.3 Å². The second-order valence-electron chi connectivity index (χ2n) is 10.2. The number of carbonyl (C=O) groups is 1. The first-order valence-corrected chi connectivity index (χ1v) is 11.9. The summed E-state index contributed by atoms with van der Waals surface area (Å²) in [6, 6.07) is 4.56. The van der Waals surface area contributed by atoms with E-state index in [2.05, 4.69) is 4.98 Å². The molecule has 0 fully saturated rings. The summed E-state index contributed by atoms with van der Waals surface area (Å²) < 4.78 is 36.1. The lowest BCUT2D eigenvalue weighted by molar-refractivity contribution is 0.0574. The number of ether oxygens (including phenoxy) is 3. The van der Waals surface area contributed by atoms with Gasteiger partial charge in [0.1, 0.15) is 28.5 Å². The van der Waals surface area contributed by atoms with E-state index in [0.29, 0.717) is 29.2 Å². The molecule has 37 heavy (non-hydrogen) atoms. The van der Waals surface area contributed by atoms with E-state index in [9.17, 15) is 4.79 Å². The molecule has 1 atom stereocenters. The highest BCUT2D eigenvalue weighted by atomic mass is 19.1. The zero-order valence-electron chi connectivity index (χ0n) is 21.4. The highest BCUT2D eigenvalue weighted by Crippen LogP contribution is 2.42. The van der Waals surface area contributed by atoms with Crippen molar-refractivity contribution in [1.29, 1.82) is 10.8 Å². The van der Waals surface area contributed by atoms with E-state index in [1.54, 1.807) is 39.1 Å². The lowest BCUT2D eigenvalue weighted by atomic mass is 9.95. The van der Waals surface area contributed by atoms with Crippen LogP contribution in [0.4, 0.5) is 15.0 Å². The monoisotopic (exact) mass is 508 g/mol. The number of fused-ring (bicyclic) bond motifs is 1. The van der Waals surface area contributed by atoms with Crippen molar-refractivity contribution in [2.45, 2.75) is 45.8 Å². The summed E-state index contributed by atoms with van der Waals surface area (Å²) in [4.78, 5) is 19.1. The van der Waals surface area contributed by atoms with E-state index in [0.717, 1.165) is 12.2 Å². The van der Waals surface area contributed by atoms with Crippen LogP contribution in [-0.4, -0.2) is 45.4 Å². The predicted molar refractivity (Wildman–Crippen MR) is 134 cm³/mol. The van der Waals surface area contributed by atoms with E-state index in [1.165, 1.54) is 15.5 Å². The van der Waals surface area contributed by atoms with Crippen molar-refractivity contribution < 1.29 is 23.4 Å². The van der Waals surface area contributed by atoms with Crippen LogP contribution in [0, 0.1) is 23.6 Å². The smallest absolute Gasteiger partial charge is 0.416 e. The minimum Gasteiger partial charge on any atom is -0.493 e. The molecule has 0 bridgehead atoms. The van der Waals surface area contributed by atoms with Crippen molar-refractivity contribution >= 4 is 18.2 Å². The number of carbonyl (C=O) groups excluding carboxylic acids is 1. The number of pyridine rings is 1. The van der Waals surface area contributed by atoms with Gasteiger partial charge in [0.25, 0.3) is 0 Å². The maximum Gasteiger partial charge on any atom is 0.416 e. The Balaban J connectivity index is 1.78. The first-order valence-electron chi connectivity index (χ1n) is 11.9. The summed E-state index contributed by atoms with van der Waals surface area (Å²) in [5, 5.41) is 17.1. The number of hydrogen-bond acceptors (Lipinski definition) is 7. The molecule has 194 valence electrons. The van der Waals surface area contributed by atoms with Gasteiger partial charge < -0.3 is 18.8 Å². The summed E-state index contributed by atoms with van der Waals surface area (Å²) in [5.41, 5.74) is 1.14. The van der Waals surface area contributed by atoms with E-state index in [4.69, 9.17) is 25.0 Å². The Hall–Kier alpha value is -4.15. The van der Waals surface area contributed by atoms with Gasteiger partial charge >= 0.3 is 6.09 Å². The van der Waals surface area contributed by atoms with Gasteiger partial charge in [-0.3, -0.25) is 20.3 Å². The molecule has 10 nitrogen and oxygen atoms in total. The standard InChI is InChI=1S/C26H29FN6O4/c1-14-30-9-19(31(14)5)16-8-21-24(33(13-28)23(16)29)32(25(34)37-26(2,3)4)10-17-18(27)6-7-20-22(17)15(11-35-20)12-36-21/h6-9,13,15,28-29H,10-12H2,1-5H3/t15-/m1/s1. The fourth-order valence-electron chi connectivity index (χ4n) is 4.71. The van der Waals surface area contributed by atoms with Crippen LogP contribution in [0.5, 0.6) is 11.5 Å². The minimum atomic E-state index is -0.842. The molecule has 0 radical (unpaired) electrons. The SMILES string of the molecule is Cc1ncc(-c2cc3c(n(C=N)c2=N)N(C(=O)OC(C)(C)C)Cc2c(F)ccc4c2[C@H](CO4)CO3)n1C. The number of hydrogen-bond donors (Lipinski definition) is 2. The fraction of sp³-hybridized carbons (Fsp3) is 0.385. The van der Waals surface area contributed by atoms with Crippen LogP contribution in [0.1, 0.15) is 43.6 Å². The predicted octanol–water partition coefficient (Wildman–Crippen LogP) is 4.08. The molecular weight excluding hydrogens is 479 g/mol. The molecular formula is C26H29FN6O4. The third kappa shape index (κ3) is 4.13. The van der Waals surface area contributed by atoms with Crippen LogP contribution < -0.4 is 19.9 Å². The van der Waals surface area contributed by atoms with Gasteiger partial charge in [0, 0.05) is 23.7 Å². The molecule has 3 aromatic rings. The molecule has 5 rings (SSSR count). The molecule has 2 aromatic heterocycles. The number of anilines is 1. The van der Waals surface area contributed by atoms with Gasteiger partial charge in [-0.25, -0.2) is 14.2 Å². The number of aromatic nitrogens is 3. The summed E-state index contributed by atoms with van der Waals surface area (Å²) in [6.45, 7) is 7.31. The van der Waals surface area contributed by atoms with Gasteiger partial charge in [-0.15, -0.1) is 0 Å². The molecule has 1 aromatic carbocycles. The van der Waals surface area contributed by atoms with E-state index in [-0.39, 0.29) is 41.7 Å². The van der Waals surface area contributed by atoms with E-state index in [1.807, 2.05) is 18.5 Å². The van der Waals surface area contributed by atoms with Crippen LogP contribution in [0.2, 0.25) is 0 Å². The summed E-state index contributed by atoms with van der Waals surface area (Å²) in [5.74, 6) is 0.902. The Kier molecular flexibility index (Phi) is 5.81. The molecule has 0 saturated carbocycles. The number of benzene rings is 1. The molecule has 2 aliphatic rings. The van der Waals surface area contributed by atoms with E-state index >= 15 is 4.39 Å². The van der Waals surface area contributed by atoms with Gasteiger partial charge in [-0.05, 0) is 45.9 Å². The third-order valence-electron chi connectivity index (χ3n) is 6.58. The van der Waals surface area contributed by atoms with Crippen molar-refractivity contribution in [2.75, 3.05) is 18.1 Å². The Morgan fingerprint density at radius 2 is 1.95 bits per heavy atom. The molecule has 4 heterocycles. The zero-order valence-corrected chi connectivity index (χ0v) is 21.4. The highest BCUT2D eigenvalue weighted by Gasteiger charge is 2.37. The number of rotatable bonds is 2. The van der Waals surface area contributed by atoms with Crippen molar-refractivity contribution in [3.05, 3.63) is 52.7 Å². The van der Waals surface area contributed by atoms with Crippen molar-refractivity contribution in [1.82, 2.24) is 14.1 Å². The summed E-state index contributed by atoms with van der Waals surface area (Å²) in [6.07, 6.45) is 1.82. The lowest BCUT2D eigenvalue weighted by Gasteiger charge is -2.30. The second kappa shape index (κ2) is 8.75. The normalized spacial score (nSPS) is 16.5. The third-order valence-corrected chi connectivity index (χ3v) is 6.58. The Labute approximate surface area is 213 Å². The second-order valence-corrected chi connectivity index (χ2v) is 10.2. The van der Waals surface area contributed by atoms with Gasteiger partial charge in [-0.1, -0.05) is 0 Å². The molecule has 0 saturated heterocycles. The average molecular weight is 509 g/mol. The summed E-state index contributed by atoms with van der Waals surface area (Å²) >= 11 is 0. The van der Waals surface area contributed by atoms with Gasteiger partial charge in [0.05, 0.1) is 43.9 Å². The van der Waals surface area contributed by atoms with Crippen molar-refractivity contribution in [2.24, 2.45) is 7.05 Å². The van der Waals surface area contributed by atoms with Gasteiger partial charge in [-0.2, -0.15) is 0 Å². The molecule has 1 amide bonds. The Bertz CT molecular complexity index is 1490. The number of imidazole rings is 1. The number of aryl methyl sites for hydroxylation is 1. The van der Waals surface area contributed by atoms with Crippen molar-refractivity contribution in [3.63, 3.8) is 0 Å². The highest BCUT2D eigenvalue weighted by molar-refractivity contribution is 5.91. The largest absolute Gasteiger partial charge is 0.493 e. The molecule has 0 spiro atoms. The molecule has 11 heteroatoms. The van der Waals surface area contributed by atoms with Gasteiger partial charge in [0.15, 0.2) is 11.6 Å². The topological polar surface area (TPSA) is 118 Å². The lowest BCUT2D eigenvalue weighted by Crippen LogP contribution is -2.40. The fourth-order valence-corrected chi connectivity index (χ4v) is 4.71. The number of halogens is 1. The van der Waals surface area contributed by atoms with E-state index < -0.39 is 17.5 Å². The number of nitrogens with zero attached hydrogens (tertiary/aromatic N) is 4. The van der Waals surface area contributed by atoms with Crippen LogP contribution in [0.15, 0.2) is 24.4 Å². The molecule has 0 aliphatic carbocycles. The average Bonchev–Trinajstić information content (AvgIpc) is 3.40. The summed E-state index contributed by atoms with van der Waals surface area (Å²) in [7, 11) is 1.83. The number of nitrogens with one attached hydrogen (secondary N) is 2.